The van der Waals surface area contributed by atoms with Gasteiger partial charge in [-0.3, -0.25) is 11.3 Å². The number of hydrazine groups is 1. The maximum atomic E-state index is 13.8. The highest BCUT2D eigenvalue weighted by Gasteiger charge is 2.17. The van der Waals surface area contributed by atoms with Gasteiger partial charge in [-0.25, -0.2) is 8.78 Å². The normalized spacial score (nSPS) is 12.5. The summed E-state index contributed by atoms with van der Waals surface area (Å²) in [6.07, 6.45) is 0.295. The van der Waals surface area contributed by atoms with Crippen molar-refractivity contribution in [2.45, 2.75) is 33.2 Å². The first-order valence-corrected chi connectivity index (χ1v) is 6.90. The molecule has 0 heterocycles. The highest BCUT2D eigenvalue weighted by molar-refractivity contribution is 5.39. The molecular formula is C17H20F2N2. The van der Waals surface area contributed by atoms with Gasteiger partial charge in [-0.2, -0.15) is 0 Å². The number of halogens is 2. The highest BCUT2D eigenvalue weighted by Crippen LogP contribution is 2.25. The molecule has 2 aromatic carbocycles. The fourth-order valence-electron chi connectivity index (χ4n) is 2.54. The minimum Gasteiger partial charge on any atom is -0.271 e. The second-order valence-electron chi connectivity index (χ2n) is 5.43. The molecule has 4 heteroatoms. The summed E-state index contributed by atoms with van der Waals surface area (Å²) in [5.74, 6) is 3.99. The maximum absolute atomic E-state index is 13.8. The second kappa shape index (κ2) is 6.33. The van der Waals surface area contributed by atoms with Crippen LogP contribution in [0.1, 0.15) is 33.9 Å². The van der Waals surface area contributed by atoms with Gasteiger partial charge in [0, 0.05) is 0 Å². The molecule has 1 unspecified atom stereocenters. The molecule has 0 radical (unpaired) electrons. The van der Waals surface area contributed by atoms with Crippen LogP contribution in [0.25, 0.3) is 0 Å². The zero-order valence-corrected chi connectivity index (χ0v) is 12.5. The Morgan fingerprint density at radius 1 is 1.05 bits per heavy atom. The number of hydrogen-bond acceptors (Lipinski definition) is 2. The third-order valence-electron chi connectivity index (χ3n) is 3.91. The van der Waals surface area contributed by atoms with Crippen LogP contribution in [-0.4, -0.2) is 0 Å². The molecule has 0 bridgehead atoms. The van der Waals surface area contributed by atoms with E-state index in [4.69, 9.17) is 5.84 Å². The van der Waals surface area contributed by atoms with Gasteiger partial charge >= 0.3 is 0 Å². The molecule has 1 atom stereocenters. The van der Waals surface area contributed by atoms with E-state index in [-0.39, 0.29) is 6.04 Å². The van der Waals surface area contributed by atoms with Crippen molar-refractivity contribution in [3.8, 4) is 0 Å². The third kappa shape index (κ3) is 3.28. The van der Waals surface area contributed by atoms with Crippen molar-refractivity contribution in [3.05, 3.63) is 69.8 Å². The van der Waals surface area contributed by atoms with Gasteiger partial charge in [0.1, 0.15) is 0 Å². The summed E-state index contributed by atoms with van der Waals surface area (Å²) in [6, 6.07) is 8.07. The number of nitrogens with two attached hydrogens (primary N) is 1. The van der Waals surface area contributed by atoms with Gasteiger partial charge < -0.3 is 0 Å². The Hall–Kier alpha value is -1.78. The number of rotatable bonds is 4. The van der Waals surface area contributed by atoms with E-state index < -0.39 is 11.6 Å². The maximum Gasteiger partial charge on any atom is 0.162 e. The van der Waals surface area contributed by atoms with E-state index in [1.807, 2.05) is 26.8 Å². The first-order chi connectivity index (χ1) is 9.93. The minimum absolute atomic E-state index is 0.263. The van der Waals surface area contributed by atoms with Crippen LogP contribution in [0.4, 0.5) is 8.78 Å². The Labute approximate surface area is 124 Å². The van der Waals surface area contributed by atoms with Crippen LogP contribution >= 0.6 is 0 Å². The van der Waals surface area contributed by atoms with E-state index in [2.05, 4.69) is 11.5 Å². The summed E-state index contributed by atoms with van der Waals surface area (Å²) >= 11 is 0. The van der Waals surface area contributed by atoms with Gasteiger partial charge in [-0.15, -0.1) is 0 Å². The van der Waals surface area contributed by atoms with Crippen molar-refractivity contribution < 1.29 is 8.78 Å². The van der Waals surface area contributed by atoms with E-state index >= 15 is 0 Å². The third-order valence-corrected chi connectivity index (χ3v) is 3.91. The molecule has 0 aliphatic rings. The highest BCUT2D eigenvalue weighted by atomic mass is 19.2. The molecule has 0 amide bonds. The van der Waals surface area contributed by atoms with Gasteiger partial charge in [-0.05, 0) is 61.1 Å². The summed E-state index contributed by atoms with van der Waals surface area (Å²) in [7, 11) is 0. The van der Waals surface area contributed by atoms with Gasteiger partial charge in [0.05, 0.1) is 6.04 Å². The SMILES string of the molecule is Cc1cc(C)c(C(Cc2cccc(F)c2F)NN)cc1C. The molecule has 0 spiro atoms. The lowest BCUT2D eigenvalue weighted by Gasteiger charge is -2.20. The number of benzene rings is 2. The molecule has 112 valence electrons. The van der Waals surface area contributed by atoms with E-state index in [0.29, 0.717) is 12.0 Å². The zero-order chi connectivity index (χ0) is 15.6. The summed E-state index contributed by atoms with van der Waals surface area (Å²) in [5.41, 5.74) is 7.46. The Bertz CT molecular complexity index is 653. The lowest BCUT2D eigenvalue weighted by molar-refractivity contribution is 0.480. The first-order valence-electron chi connectivity index (χ1n) is 6.90. The molecule has 2 nitrogen and oxygen atoms in total. The van der Waals surface area contributed by atoms with Crippen molar-refractivity contribution in [3.63, 3.8) is 0 Å². The summed E-state index contributed by atoms with van der Waals surface area (Å²) in [5, 5.41) is 0. The topological polar surface area (TPSA) is 38.0 Å². The Morgan fingerprint density at radius 2 is 1.71 bits per heavy atom. The molecule has 0 aliphatic carbocycles. The predicted molar refractivity (Wildman–Crippen MR) is 80.8 cm³/mol. The monoisotopic (exact) mass is 290 g/mol. The molecule has 3 N–H and O–H groups in total. The lowest BCUT2D eigenvalue weighted by atomic mass is 9.92. The fraction of sp³-hybridized carbons (Fsp3) is 0.294. The van der Waals surface area contributed by atoms with Gasteiger partial charge in [0.25, 0.3) is 0 Å². The van der Waals surface area contributed by atoms with Crippen molar-refractivity contribution in [1.29, 1.82) is 0 Å². The van der Waals surface area contributed by atoms with Crippen LogP contribution in [0.3, 0.4) is 0 Å². The first kappa shape index (κ1) is 15.6. The van der Waals surface area contributed by atoms with E-state index in [9.17, 15) is 8.78 Å². The molecule has 2 rings (SSSR count). The van der Waals surface area contributed by atoms with Gasteiger partial charge in [0.2, 0.25) is 0 Å². The van der Waals surface area contributed by atoms with E-state index in [1.54, 1.807) is 6.07 Å². The van der Waals surface area contributed by atoms with Gasteiger partial charge in [-0.1, -0.05) is 24.3 Å². The van der Waals surface area contributed by atoms with E-state index in [1.165, 1.54) is 11.6 Å². The molecule has 0 saturated heterocycles. The minimum atomic E-state index is -0.833. The molecule has 0 aliphatic heterocycles. The van der Waals surface area contributed by atoms with Crippen LogP contribution in [0, 0.1) is 32.4 Å². The fourth-order valence-corrected chi connectivity index (χ4v) is 2.54. The summed E-state index contributed by atoms with van der Waals surface area (Å²) in [4.78, 5) is 0. The van der Waals surface area contributed by atoms with Crippen LogP contribution in [-0.2, 0) is 6.42 Å². The Morgan fingerprint density at radius 3 is 2.38 bits per heavy atom. The smallest absolute Gasteiger partial charge is 0.162 e. The van der Waals surface area contributed by atoms with Crippen LogP contribution in [0.15, 0.2) is 30.3 Å². The van der Waals surface area contributed by atoms with E-state index in [0.717, 1.165) is 22.8 Å². The number of aryl methyl sites for hydroxylation is 3. The zero-order valence-electron chi connectivity index (χ0n) is 12.5. The molecule has 0 aromatic heterocycles. The largest absolute Gasteiger partial charge is 0.271 e. The lowest BCUT2D eigenvalue weighted by Crippen LogP contribution is -2.30. The Balaban J connectivity index is 2.37. The van der Waals surface area contributed by atoms with Crippen LogP contribution in [0.2, 0.25) is 0 Å². The number of nitrogens with one attached hydrogen (secondary N) is 1. The van der Waals surface area contributed by atoms with Crippen molar-refractivity contribution >= 4 is 0 Å². The second-order valence-corrected chi connectivity index (χ2v) is 5.43. The predicted octanol–water partition coefficient (Wildman–Crippen LogP) is 3.64. The van der Waals surface area contributed by atoms with Crippen molar-refractivity contribution in [2.24, 2.45) is 5.84 Å². The quantitative estimate of drug-likeness (QED) is 0.666. The Kier molecular flexibility index (Phi) is 4.70. The van der Waals surface area contributed by atoms with Crippen LogP contribution in [0.5, 0.6) is 0 Å². The average molecular weight is 290 g/mol. The summed E-state index contributed by atoms with van der Waals surface area (Å²) in [6.45, 7) is 6.06. The molecule has 0 saturated carbocycles. The molecule has 0 fully saturated rings. The van der Waals surface area contributed by atoms with Gasteiger partial charge in [0.15, 0.2) is 11.6 Å². The molecule has 2 aromatic rings. The van der Waals surface area contributed by atoms with Crippen LogP contribution < -0.4 is 11.3 Å². The number of hydrogen-bond donors (Lipinski definition) is 2. The average Bonchev–Trinajstić information content (AvgIpc) is 2.45. The van der Waals surface area contributed by atoms with Crippen molar-refractivity contribution in [1.82, 2.24) is 5.43 Å². The standard InChI is InChI=1S/C17H20F2N2/c1-10-7-12(3)14(8-11(10)2)16(21-20)9-13-5-4-6-15(18)17(13)19/h4-8,16,21H,9,20H2,1-3H3. The van der Waals surface area contributed by atoms with Crippen molar-refractivity contribution in [2.75, 3.05) is 0 Å². The summed E-state index contributed by atoms with van der Waals surface area (Å²) < 4.78 is 27.1. The molecular weight excluding hydrogens is 270 g/mol. The molecule has 21 heavy (non-hydrogen) atoms.